The number of aromatic nitrogens is 2. The summed E-state index contributed by atoms with van der Waals surface area (Å²) in [7, 11) is -2.07. The number of fused-ring (bicyclic) bond motifs is 1. The summed E-state index contributed by atoms with van der Waals surface area (Å²) in [4.78, 5) is 19.3. The van der Waals surface area contributed by atoms with Crippen molar-refractivity contribution in [3.63, 3.8) is 0 Å². The van der Waals surface area contributed by atoms with Crippen LogP contribution in [0.15, 0.2) is 18.5 Å². The van der Waals surface area contributed by atoms with E-state index < -0.39 is 13.9 Å². The third-order valence-electron chi connectivity index (χ3n) is 6.62. The predicted octanol–water partition coefficient (Wildman–Crippen LogP) is 7.14. The number of likely N-dealkylation sites (tertiary alicyclic amines) is 1. The highest BCUT2D eigenvalue weighted by Crippen LogP contribution is 2.39. The van der Waals surface area contributed by atoms with Crippen molar-refractivity contribution in [1.29, 1.82) is 0 Å². The highest BCUT2D eigenvalue weighted by Gasteiger charge is 2.44. The van der Waals surface area contributed by atoms with E-state index in [2.05, 4.69) is 50.7 Å². The molecule has 9 heteroatoms. The van der Waals surface area contributed by atoms with Gasteiger partial charge in [-0.3, -0.25) is 4.90 Å². The SMILES string of the molecule is CC(C)(C)OC(=O)N1CCC[C@H](O[Si](C)(C)C(C)(C)C)[C@H]1C#CCn1cnc2cc(Cl)c(Cl)cc21. The lowest BCUT2D eigenvalue weighted by molar-refractivity contribution is -0.00660. The van der Waals surface area contributed by atoms with Crippen LogP contribution in [0.1, 0.15) is 54.4 Å². The average molecular weight is 539 g/mol. The molecule has 1 fully saturated rings. The summed E-state index contributed by atoms with van der Waals surface area (Å²) in [5, 5.41) is 0.992. The maximum absolute atomic E-state index is 13.1. The number of piperidine rings is 1. The van der Waals surface area contributed by atoms with E-state index in [0.29, 0.717) is 23.1 Å². The Morgan fingerprint density at radius 1 is 1.17 bits per heavy atom. The van der Waals surface area contributed by atoms with Crippen molar-refractivity contribution >= 4 is 48.6 Å². The number of rotatable bonds is 3. The maximum atomic E-state index is 13.1. The number of hydrogen-bond acceptors (Lipinski definition) is 4. The smallest absolute Gasteiger partial charge is 0.411 e. The first kappa shape index (κ1) is 27.9. The monoisotopic (exact) mass is 537 g/mol. The van der Waals surface area contributed by atoms with Crippen LogP contribution in [0.2, 0.25) is 28.2 Å². The first-order chi connectivity index (χ1) is 16.1. The minimum absolute atomic E-state index is 0.0510. The summed E-state index contributed by atoms with van der Waals surface area (Å²) in [5.74, 6) is 6.62. The van der Waals surface area contributed by atoms with E-state index in [-0.39, 0.29) is 23.3 Å². The van der Waals surface area contributed by atoms with Gasteiger partial charge in [-0.1, -0.05) is 55.8 Å². The molecule has 2 atom stereocenters. The minimum Gasteiger partial charge on any atom is -0.444 e. The molecule has 0 saturated carbocycles. The molecule has 0 radical (unpaired) electrons. The highest BCUT2D eigenvalue weighted by molar-refractivity contribution is 6.74. The first-order valence-electron chi connectivity index (χ1n) is 12.0. The summed E-state index contributed by atoms with van der Waals surface area (Å²) in [6.45, 7) is 17.7. The molecule has 1 aromatic carbocycles. The van der Waals surface area contributed by atoms with Crippen molar-refractivity contribution in [2.75, 3.05) is 6.54 Å². The van der Waals surface area contributed by atoms with Gasteiger partial charge in [0.25, 0.3) is 0 Å². The van der Waals surface area contributed by atoms with Gasteiger partial charge in [0.2, 0.25) is 0 Å². The van der Waals surface area contributed by atoms with E-state index in [9.17, 15) is 4.79 Å². The Hall–Kier alpha value is -1.72. The van der Waals surface area contributed by atoms with E-state index in [1.165, 1.54) is 0 Å². The minimum atomic E-state index is -2.07. The topological polar surface area (TPSA) is 56.6 Å². The molecule has 35 heavy (non-hydrogen) atoms. The van der Waals surface area contributed by atoms with Crippen LogP contribution >= 0.6 is 23.2 Å². The van der Waals surface area contributed by atoms with Crippen molar-refractivity contribution in [2.24, 2.45) is 0 Å². The molecule has 1 saturated heterocycles. The van der Waals surface area contributed by atoms with Gasteiger partial charge in [-0.15, -0.1) is 0 Å². The molecular formula is C26H37Cl2N3O3Si. The highest BCUT2D eigenvalue weighted by atomic mass is 35.5. The van der Waals surface area contributed by atoms with Crippen LogP contribution in [-0.2, 0) is 15.7 Å². The second-order valence-electron chi connectivity index (χ2n) is 11.6. The van der Waals surface area contributed by atoms with Crippen LogP contribution in [0, 0.1) is 11.8 Å². The zero-order valence-electron chi connectivity index (χ0n) is 22.0. The number of nitrogens with zero attached hydrogens (tertiary/aromatic N) is 3. The van der Waals surface area contributed by atoms with Gasteiger partial charge in [-0.25, -0.2) is 9.78 Å². The molecule has 1 aromatic heterocycles. The van der Waals surface area contributed by atoms with Crippen LogP contribution in [-0.4, -0.2) is 53.2 Å². The molecule has 6 nitrogen and oxygen atoms in total. The van der Waals surface area contributed by atoms with Crippen molar-refractivity contribution in [3.05, 3.63) is 28.5 Å². The summed E-state index contributed by atoms with van der Waals surface area (Å²) in [6, 6.07) is 3.16. The number of carbonyl (C=O) groups excluding carboxylic acids is 1. The van der Waals surface area contributed by atoms with Crippen LogP contribution in [0.5, 0.6) is 0 Å². The van der Waals surface area contributed by atoms with E-state index in [4.69, 9.17) is 32.4 Å². The number of benzene rings is 1. The molecule has 0 N–H and O–H groups in total. The normalized spacial score (nSPS) is 19.4. The van der Waals surface area contributed by atoms with Gasteiger partial charge in [0.05, 0.1) is 40.1 Å². The average Bonchev–Trinajstić information content (AvgIpc) is 3.08. The Labute approximate surface area is 220 Å². The molecule has 1 aliphatic rings. The number of amides is 1. The standard InChI is InChI=1S/C26H37Cl2N3O3Si/c1-25(2,3)33-24(32)31-14-10-12-23(34-35(7,8)26(4,5)6)21(31)11-9-13-30-17-29-20-15-18(27)19(28)16-22(20)30/h15-17,21,23H,10,12-14H2,1-8H3/t21-,23+/m1/s1. The quantitative estimate of drug-likeness (QED) is 0.308. The lowest BCUT2D eigenvalue weighted by Crippen LogP contribution is -2.56. The van der Waals surface area contributed by atoms with E-state index >= 15 is 0 Å². The van der Waals surface area contributed by atoms with Crippen molar-refractivity contribution in [1.82, 2.24) is 14.5 Å². The molecule has 192 valence electrons. The van der Waals surface area contributed by atoms with Crippen molar-refractivity contribution in [3.8, 4) is 11.8 Å². The van der Waals surface area contributed by atoms with Gasteiger partial charge in [0.1, 0.15) is 11.6 Å². The van der Waals surface area contributed by atoms with E-state index in [0.717, 1.165) is 23.9 Å². The zero-order valence-corrected chi connectivity index (χ0v) is 24.5. The Bertz CT molecular complexity index is 1140. The van der Waals surface area contributed by atoms with Gasteiger partial charge in [0.15, 0.2) is 8.32 Å². The Morgan fingerprint density at radius 2 is 1.83 bits per heavy atom. The van der Waals surface area contributed by atoms with Crippen molar-refractivity contribution in [2.45, 2.75) is 96.8 Å². The fourth-order valence-electron chi connectivity index (χ4n) is 3.75. The largest absolute Gasteiger partial charge is 0.444 e. The Balaban J connectivity index is 1.91. The molecule has 1 aliphatic heterocycles. The third kappa shape index (κ3) is 6.74. The number of carbonyl (C=O) groups is 1. The van der Waals surface area contributed by atoms with Gasteiger partial charge in [-0.2, -0.15) is 0 Å². The molecular weight excluding hydrogens is 501 g/mol. The van der Waals surface area contributed by atoms with Gasteiger partial charge < -0.3 is 13.7 Å². The molecule has 2 aromatic rings. The van der Waals surface area contributed by atoms with Crippen LogP contribution in [0.25, 0.3) is 11.0 Å². The van der Waals surface area contributed by atoms with Gasteiger partial charge >= 0.3 is 6.09 Å². The summed E-state index contributed by atoms with van der Waals surface area (Å²) in [5.41, 5.74) is 1.03. The van der Waals surface area contributed by atoms with Crippen LogP contribution in [0.3, 0.4) is 0 Å². The second kappa shape index (κ2) is 10.3. The van der Waals surface area contributed by atoms with Gasteiger partial charge in [0, 0.05) is 6.54 Å². The number of hydrogen-bond donors (Lipinski definition) is 0. The number of imidazole rings is 1. The number of ether oxygens (including phenoxy) is 1. The molecule has 2 heterocycles. The predicted molar refractivity (Wildman–Crippen MR) is 146 cm³/mol. The molecule has 0 bridgehead atoms. The Morgan fingerprint density at radius 3 is 2.46 bits per heavy atom. The fraction of sp³-hybridized carbons (Fsp3) is 0.615. The second-order valence-corrected chi connectivity index (χ2v) is 17.2. The molecule has 1 amide bonds. The van der Waals surface area contributed by atoms with Crippen molar-refractivity contribution < 1.29 is 14.0 Å². The Kier molecular flexibility index (Phi) is 8.22. The van der Waals surface area contributed by atoms with E-state index in [1.807, 2.05) is 25.3 Å². The maximum Gasteiger partial charge on any atom is 0.411 e. The number of halogens is 2. The lowest BCUT2D eigenvalue weighted by Gasteiger charge is -2.45. The third-order valence-corrected chi connectivity index (χ3v) is 11.8. The lowest BCUT2D eigenvalue weighted by atomic mass is 9.99. The summed E-state index contributed by atoms with van der Waals surface area (Å²) >= 11 is 12.3. The fourth-order valence-corrected chi connectivity index (χ4v) is 5.42. The van der Waals surface area contributed by atoms with Crippen LogP contribution < -0.4 is 0 Å². The molecule has 3 rings (SSSR count). The summed E-state index contributed by atoms with van der Waals surface area (Å²) in [6.07, 6.45) is 2.91. The first-order valence-corrected chi connectivity index (χ1v) is 15.7. The van der Waals surface area contributed by atoms with Crippen LogP contribution in [0.4, 0.5) is 4.79 Å². The molecule has 0 unspecified atom stereocenters. The summed E-state index contributed by atoms with van der Waals surface area (Å²) < 4.78 is 14.4. The molecule has 0 spiro atoms. The zero-order chi connectivity index (χ0) is 26.2. The molecule has 0 aliphatic carbocycles. The van der Waals surface area contributed by atoms with E-state index in [1.54, 1.807) is 23.4 Å². The van der Waals surface area contributed by atoms with Gasteiger partial charge in [-0.05, 0) is 63.9 Å².